The number of tetrazole rings is 1. The molecule has 1 fully saturated rings. The molecule has 0 spiro atoms. The van der Waals surface area contributed by atoms with Crippen molar-refractivity contribution < 1.29 is 4.79 Å². The molecular formula is C19H28N6O. The van der Waals surface area contributed by atoms with Crippen molar-refractivity contribution in [1.29, 1.82) is 0 Å². The van der Waals surface area contributed by atoms with Gasteiger partial charge in [-0.2, -0.15) is 0 Å². The Morgan fingerprint density at radius 3 is 2.69 bits per heavy atom. The molecule has 7 nitrogen and oxygen atoms in total. The van der Waals surface area contributed by atoms with Crippen LogP contribution in [0.3, 0.4) is 0 Å². The fourth-order valence-electron chi connectivity index (χ4n) is 3.41. The van der Waals surface area contributed by atoms with E-state index < -0.39 is 0 Å². The zero-order valence-corrected chi connectivity index (χ0v) is 15.5. The van der Waals surface area contributed by atoms with Crippen LogP contribution in [0, 0.1) is 6.92 Å². The molecule has 7 heteroatoms. The van der Waals surface area contributed by atoms with Gasteiger partial charge in [-0.15, -0.1) is 5.10 Å². The molecule has 1 aromatic heterocycles. The first-order valence-electron chi connectivity index (χ1n) is 9.49. The molecule has 2 heterocycles. The highest BCUT2D eigenvalue weighted by Gasteiger charge is 2.19. The Morgan fingerprint density at radius 2 is 1.92 bits per heavy atom. The van der Waals surface area contributed by atoms with E-state index in [0.717, 1.165) is 57.8 Å². The second kappa shape index (κ2) is 9.43. The van der Waals surface area contributed by atoms with Crippen LogP contribution >= 0.6 is 0 Å². The fourth-order valence-corrected chi connectivity index (χ4v) is 3.41. The highest BCUT2D eigenvalue weighted by Crippen LogP contribution is 2.08. The van der Waals surface area contributed by atoms with Gasteiger partial charge in [-0.1, -0.05) is 30.3 Å². The minimum atomic E-state index is 0.200. The number of aryl methyl sites for hydroxylation is 3. The van der Waals surface area contributed by atoms with Crippen LogP contribution < -0.4 is 0 Å². The summed E-state index contributed by atoms with van der Waals surface area (Å²) < 4.78 is 1.69. The first-order valence-corrected chi connectivity index (χ1v) is 9.49. The zero-order chi connectivity index (χ0) is 18.2. The molecule has 0 unspecified atom stereocenters. The first-order chi connectivity index (χ1) is 12.7. The van der Waals surface area contributed by atoms with Crippen molar-refractivity contribution in [3.8, 4) is 0 Å². The average Bonchev–Trinajstić information content (AvgIpc) is 2.92. The van der Waals surface area contributed by atoms with Gasteiger partial charge in [0.15, 0.2) is 0 Å². The smallest absolute Gasteiger partial charge is 0.224 e. The maximum absolute atomic E-state index is 12.5. The Bertz CT molecular complexity index is 686. The monoisotopic (exact) mass is 356 g/mol. The van der Waals surface area contributed by atoms with Crippen LogP contribution in [0.4, 0.5) is 0 Å². The molecule has 0 radical (unpaired) electrons. The lowest BCUT2D eigenvalue weighted by atomic mass is 10.1. The number of carbonyl (C=O) groups excluding carboxylic acids is 1. The third kappa shape index (κ3) is 5.36. The quantitative estimate of drug-likeness (QED) is 0.753. The minimum Gasteiger partial charge on any atom is -0.341 e. The molecule has 1 saturated heterocycles. The molecule has 0 aliphatic carbocycles. The molecular weight excluding hydrogens is 328 g/mol. The van der Waals surface area contributed by atoms with Gasteiger partial charge in [0.25, 0.3) is 0 Å². The summed E-state index contributed by atoms with van der Waals surface area (Å²) in [6.45, 7) is 7.20. The van der Waals surface area contributed by atoms with Crippen LogP contribution in [0.25, 0.3) is 0 Å². The predicted molar refractivity (Wildman–Crippen MR) is 99.6 cm³/mol. The number of aromatic nitrogens is 4. The van der Waals surface area contributed by atoms with E-state index in [1.165, 1.54) is 5.56 Å². The summed E-state index contributed by atoms with van der Waals surface area (Å²) in [5.41, 5.74) is 1.40. The van der Waals surface area contributed by atoms with Crippen LogP contribution in [0.1, 0.15) is 30.7 Å². The number of nitrogens with zero attached hydrogens (tertiary/aromatic N) is 6. The summed E-state index contributed by atoms with van der Waals surface area (Å²) in [6, 6.07) is 10.6. The maximum atomic E-state index is 12.5. The van der Waals surface area contributed by atoms with E-state index in [1.54, 1.807) is 4.68 Å². The molecule has 0 N–H and O–H groups in total. The summed E-state index contributed by atoms with van der Waals surface area (Å²) in [4.78, 5) is 17.0. The number of rotatable bonds is 7. The average molecular weight is 356 g/mol. The lowest BCUT2D eigenvalue weighted by molar-refractivity contribution is -0.131. The topological polar surface area (TPSA) is 67.2 Å². The number of amides is 1. The molecule has 0 bridgehead atoms. The fraction of sp³-hybridized carbons (Fsp3) is 0.579. The third-order valence-corrected chi connectivity index (χ3v) is 4.97. The molecule has 140 valence electrons. The number of hydrogen-bond donors (Lipinski definition) is 0. The van der Waals surface area contributed by atoms with Gasteiger partial charge in [-0.05, 0) is 55.3 Å². The predicted octanol–water partition coefficient (Wildman–Crippen LogP) is 1.54. The van der Waals surface area contributed by atoms with Crippen LogP contribution in [-0.4, -0.2) is 68.6 Å². The standard InChI is InChI=1S/C19H28N6O/c1-17-20-21-22-25(17)14-10-19(26)24-13-6-12-23(15-16-24)11-5-9-18-7-3-2-4-8-18/h2-4,7-8H,5-6,9-16H2,1H3. The van der Waals surface area contributed by atoms with Gasteiger partial charge in [0.2, 0.25) is 5.91 Å². The van der Waals surface area contributed by atoms with Gasteiger partial charge in [0.1, 0.15) is 5.82 Å². The Morgan fingerprint density at radius 1 is 1.08 bits per heavy atom. The largest absolute Gasteiger partial charge is 0.341 e. The van der Waals surface area contributed by atoms with Crippen molar-refractivity contribution in [3.05, 3.63) is 41.7 Å². The van der Waals surface area contributed by atoms with E-state index in [9.17, 15) is 4.79 Å². The van der Waals surface area contributed by atoms with Crippen LogP contribution in [-0.2, 0) is 17.8 Å². The number of carbonyl (C=O) groups is 1. The third-order valence-electron chi connectivity index (χ3n) is 4.97. The van der Waals surface area contributed by atoms with E-state index in [4.69, 9.17) is 0 Å². The van der Waals surface area contributed by atoms with E-state index in [0.29, 0.717) is 13.0 Å². The molecule has 1 aromatic carbocycles. The highest BCUT2D eigenvalue weighted by molar-refractivity contribution is 5.76. The minimum absolute atomic E-state index is 0.200. The SMILES string of the molecule is Cc1nnnn1CCC(=O)N1CCCN(CCCc2ccccc2)CC1. The Labute approximate surface area is 155 Å². The van der Waals surface area contributed by atoms with E-state index in [-0.39, 0.29) is 5.91 Å². The summed E-state index contributed by atoms with van der Waals surface area (Å²) in [5.74, 6) is 0.948. The van der Waals surface area contributed by atoms with Gasteiger partial charge in [0, 0.05) is 26.1 Å². The van der Waals surface area contributed by atoms with Crippen LogP contribution in [0.15, 0.2) is 30.3 Å². The zero-order valence-electron chi connectivity index (χ0n) is 15.5. The molecule has 1 aliphatic heterocycles. The van der Waals surface area contributed by atoms with Crippen molar-refractivity contribution in [2.75, 3.05) is 32.7 Å². The second-order valence-electron chi connectivity index (χ2n) is 6.86. The van der Waals surface area contributed by atoms with Gasteiger partial charge in [-0.3, -0.25) is 4.79 Å². The van der Waals surface area contributed by atoms with Gasteiger partial charge in [0.05, 0.1) is 6.54 Å². The van der Waals surface area contributed by atoms with Crippen molar-refractivity contribution in [3.63, 3.8) is 0 Å². The lowest BCUT2D eigenvalue weighted by Gasteiger charge is -2.22. The van der Waals surface area contributed by atoms with E-state index in [2.05, 4.69) is 50.8 Å². The number of hydrogen-bond acceptors (Lipinski definition) is 5. The Hall–Kier alpha value is -2.28. The Balaban J connectivity index is 1.38. The summed E-state index contributed by atoms with van der Waals surface area (Å²) in [7, 11) is 0. The van der Waals surface area contributed by atoms with E-state index in [1.807, 2.05) is 11.8 Å². The first kappa shape index (κ1) is 18.5. The molecule has 1 amide bonds. The van der Waals surface area contributed by atoms with Gasteiger partial charge in [-0.25, -0.2) is 4.68 Å². The molecule has 2 aromatic rings. The molecule has 0 saturated carbocycles. The normalized spacial score (nSPS) is 15.8. The molecule has 26 heavy (non-hydrogen) atoms. The summed E-state index contributed by atoms with van der Waals surface area (Å²) >= 11 is 0. The number of benzene rings is 1. The van der Waals surface area contributed by atoms with Gasteiger partial charge >= 0.3 is 0 Å². The molecule has 3 rings (SSSR count). The van der Waals surface area contributed by atoms with Crippen molar-refractivity contribution in [2.24, 2.45) is 0 Å². The highest BCUT2D eigenvalue weighted by atomic mass is 16.2. The van der Waals surface area contributed by atoms with E-state index >= 15 is 0 Å². The van der Waals surface area contributed by atoms with Crippen molar-refractivity contribution >= 4 is 5.91 Å². The summed E-state index contributed by atoms with van der Waals surface area (Å²) in [5, 5.41) is 11.4. The Kier molecular flexibility index (Phi) is 6.71. The molecule has 0 atom stereocenters. The lowest BCUT2D eigenvalue weighted by Crippen LogP contribution is -2.36. The van der Waals surface area contributed by atoms with Crippen LogP contribution in [0.5, 0.6) is 0 Å². The maximum Gasteiger partial charge on any atom is 0.224 e. The summed E-state index contributed by atoms with van der Waals surface area (Å²) in [6.07, 6.45) is 3.78. The molecule has 1 aliphatic rings. The van der Waals surface area contributed by atoms with Crippen molar-refractivity contribution in [1.82, 2.24) is 30.0 Å². The van der Waals surface area contributed by atoms with Crippen LogP contribution in [0.2, 0.25) is 0 Å². The second-order valence-corrected chi connectivity index (χ2v) is 6.86. The van der Waals surface area contributed by atoms with Gasteiger partial charge < -0.3 is 9.80 Å². The van der Waals surface area contributed by atoms with Crippen molar-refractivity contribution in [2.45, 2.75) is 39.2 Å².